The van der Waals surface area contributed by atoms with E-state index in [1.807, 2.05) is 0 Å². The normalized spacial score (nSPS) is 13.4. The Kier molecular flexibility index (Phi) is 49.5. The van der Waals surface area contributed by atoms with Gasteiger partial charge in [-0.05, 0) is 57.8 Å². The molecule has 0 radical (unpaired) electrons. The van der Waals surface area contributed by atoms with Gasteiger partial charge in [0.05, 0.1) is 25.2 Å². The van der Waals surface area contributed by atoms with Gasteiger partial charge in [0.25, 0.3) is 0 Å². The minimum absolute atomic E-state index is 0.0729. The summed E-state index contributed by atoms with van der Waals surface area (Å²) >= 11 is 0. The topological polar surface area (TPSA) is 95.9 Å². The lowest BCUT2D eigenvalue weighted by atomic mass is 10.0. The van der Waals surface area contributed by atoms with Gasteiger partial charge in [0.2, 0.25) is 5.91 Å². The number of hydrogen-bond acceptors (Lipinski definition) is 5. The summed E-state index contributed by atoms with van der Waals surface area (Å²) in [7, 11) is 0. The molecule has 0 aromatic carbocycles. The van der Waals surface area contributed by atoms with E-state index in [9.17, 15) is 19.8 Å². The third-order valence-electron chi connectivity index (χ3n) is 12.7. The van der Waals surface area contributed by atoms with Crippen molar-refractivity contribution in [2.24, 2.45) is 0 Å². The standard InChI is InChI=1S/C57H107NO5/c1-4-7-10-13-16-19-22-25-27-28-29-31-33-36-39-42-45-48-53(63-57(62)50-47-44-41-38-35-32-26-23-20-17-14-11-8-5-2)51-56(61)58-54(52-59)55(60)49-46-43-40-37-34-30-24-21-18-15-12-9-6-3/h8,11,17,20,26,32,53-55,59-60H,4-7,9-10,12-16,18-19,21-25,27-31,33-52H2,1-3H3,(H,58,61)/b11-8+,20-17+,32-26+. The second-order valence-corrected chi connectivity index (χ2v) is 19.0. The number of esters is 1. The Labute approximate surface area is 392 Å². The molecule has 3 N–H and O–H groups in total. The van der Waals surface area contributed by atoms with Gasteiger partial charge in [0.1, 0.15) is 6.10 Å². The maximum atomic E-state index is 13.2. The molecule has 0 rings (SSSR count). The molecule has 63 heavy (non-hydrogen) atoms. The molecule has 370 valence electrons. The molecule has 0 aromatic heterocycles. The van der Waals surface area contributed by atoms with Crippen LogP contribution in [-0.4, -0.2) is 46.9 Å². The first-order valence-electron chi connectivity index (χ1n) is 27.7. The number of carbonyl (C=O) groups excluding carboxylic acids is 2. The molecular formula is C57H107NO5. The summed E-state index contributed by atoms with van der Waals surface area (Å²) in [6.45, 7) is 6.40. The molecule has 3 atom stereocenters. The monoisotopic (exact) mass is 886 g/mol. The average Bonchev–Trinajstić information content (AvgIpc) is 3.28. The van der Waals surface area contributed by atoms with E-state index in [0.29, 0.717) is 19.3 Å². The highest BCUT2D eigenvalue weighted by Crippen LogP contribution is 2.19. The summed E-state index contributed by atoms with van der Waals surface area (Å²) < 4.78 is 5.95. The number of aliphatic hydroxyl groups excluding tert-OH is 2. The number of hydrogen-bond donors (Lipinski definition) is 3. The van der Waals surface area contributed by atoms with Crippen molar-refractivity contribution < 1.29 is 24.5 Å². The van der Waals surface area contributed by atoms with Crippen LogP contribution in [0, 0.1) is 0 Å². The van der Waals surface area contributed by atoms with Crippen LogP contribution >= 0.6 is 0 Å². The molecule has 0 aromatic rings. The molecule has 0 bridgehead atoms. The number of aliphatic hydroxyl groups is 2. The van der Waals surface area contributed by atoms with Crippen LogP contribution in [0.4, 0.5) is 0 Å². The van der Waals surface area contributed by atoms with Crippen molar-refractivity contribution in [3.05, 3.63) is 36.5 Å². The summed E-state index contributed by atoms with van der Waals surface area (Å²) in [6.07, 6.45) is 60.6. The molecule has 0 saturated heterocycles. The van der Waals surface area contributed by atoms with E-state index in [0.717, 1.165) is 77.0 Å². The Bertz CT molecular complexity index is 1040. The van der Waals surface area contributed by atoms with Gasteiger partial charge in [-0.2, -0.15) is 0 Å². The molecule has 3 unspecified atom stereocenters. The van der Waals surface area contributed by atoms with Crippen LogP contribution in [0.15, 0.2) is 36.5 Å². The van der Waals surface area contributed by atoms with Gasteiger partial charge in [-0.15, -0.1) is 0 Å². The van der Waals surface area contributed by atoms with E-state index < -0.39 is 18.2 Å². The van der Waals surface area contributed by atoms with Crippen molar-refractivity contribution in [1.82, 2.24) is 5.32 Å². The zero-order valence-corrected chi connectivity index (χ0v) is 42.2. The van der Waals surface area contributed by atoms with Crippen molar-refractivity contribution in [3.63, 3.8) is 0 Å². The molecule has 0 saturated carbocycles. The summed E-state index contributed by atoms with van der Waals surface area (Å²) in [4.78, 5) is 26.2. The Hall–Kier alpha value is -1.92. The highest BCUT2D eigenvalue weighted by molar-refractivity contribution is 5.77. The van der Waals surface area contributed by atoms with Crippen LogP contribution in [0.2, 0.25) is 0 Å². The SMILES string of the molecule is CC/C=C/C/C=C/C/C=C/CCCCCCC(=O)OC(CCCCCCCCCCCCCCCCCCC)CC(=O)NC(CO)C(O)CCCCCCCCCCCCCCC. The maximum Gasteiger partial charge on any atom is 0.306 e. The van der Waals surface area contributed by atoms with E-state index >= 15 is 0 Å². The van der Waals surface area contributed by atoms with Crippen molar-refractivity contribution in [2.45, 2.75) is 309 Å². The van der Waals surface area contributed by atoms with Gasteiger partial charge in [0, 0.05) is 6.42 Å². The lowest BCUT2D eigenvalue weighted by molar-refractivity contribution is -0.151. The number of rotatable bonds is 50. The average molecular weight is 886 g/mol. The number of nitrogens with one attached hydrogen (secondary N) is 1. The van der Waals surface area contributed by atoms with E-state index in [2.05, 4.69) is 62.5 Å². The minimum atomic E-state index is -0.789. The number of ether oxygens (including phenoxy) is 1. The number of amides is 1. The number of allylic oxidation sites excluding steroid dienone is 6. The van der Waals surface area contributed by atoms with Gasteiger partial charge in [0.15, 0.2) is 0 Å². The summed E-state index contributed by atoms with van der Waals surface area (Å²) in [6, 6.07) is -0.703. The van der Waals surface area contributed by atoms with Gasteiger partial charge in [-0.3, -0.25) is 9.59 Å². The van der Waals surface area contributed by atoms with Gasteiger partial charge in [-0.25, -0.2) is 0 Å². The van der Waals surface area contributed by atoms with Crippen LogP contribution in [0.25, 0.3) is 0 Å². The first-order valence-corrected chi connectivity index (χ1v) is 27.7. The smallest absolute Gasteiger partial charge is 0.306 e. The van der Waals surface area contributed by atoms with Crippen LogP contribution in [0.3, 0.4) is 0 Å². The van der Waals surface area contributed by atoms with E-state index in [1.165, 1.54) is 167 Å². The molecule has 0 aliphatic carbocycles. The molecule has 0 heterocycles. The summed E-state index contributed by atoms with van der Waals surface area (Å²) in [5, 5.41) is 23.8. The highest BCUT2D eigenvalue weighted by Gasteiger charge is 2.24. The molecule has 6 nitrogen and oxygen atoms in total. The van der Waals surface area contributed by atoms with Gasteiger partial charge < -0.3 is 20.3 Å². The zero-order valence-electron chi connectivity index (χ0n) is 42.2. The Balaban J connectivity index is 4.57. The number of unbranched alkanes of at least 4 members (excludes halogenated alkanes) is 32. The van der Waals surface area contributed by atoms with Crippen molar-refractivity contribution in [1.29, 1.82) is 0 Å². The van der Waals surface area contributed by atoms with Crippen LogP contribution in [-0.2, 0) is 14.3 Å². The van der Waals surface area contributed by atoms with Gasteiger partial charge in [-0.1, -0.05) is 256 Å². The summed E-state index contributed by atoms with van der Waals surface area (Å²) in [5.41, 5.74) is 0. The molecule has 0 aliphatic heterocycles. The van der Waals surface area contributed by atoms with Crippen molar-refractivity contribution in [3.8, 4) is 0 Å². The molecular weight excluding hydrogens is 779 g/mol. The van der Waals surface area contributed by atoms with E-state index in [1.54, 1.807) is 0 Å². The third-order valence-corrected chi connectivity index (χ3v) is 12.7. The fourth-order valence-corrected chi connectivity index (χ4v) is 8.56. The quantitative estimate of drug-likeness (QED) is 0.0321. The molecule has 0 fully saturated rings. The van der Waals surface area contributed by atoms with Crippen LogP contribution in [0.5, 0.6) is 0 Å². The first-order chi connectivity index (χ1) is 31.0. The lowest BCUT2D eigenvalue weighted by Crippen LogP contribution is -2.46. The van der Waals surface area contributed by atoms with Crippen molar-refractivity contribution >= 4 is 11.9 Å². The molecule has 0 aliphatic rings. The molecule has 6 heteroatoms. The third kappa shape index (κ3) is 46.4. The highest BCUT2D eigenvalue weighted by atomic mass is 16.5. The van der Waals surface area contributed by atoms with Crippen molar-refractivity contribution in [2.75, 3.05) is 6.61 Å². The fourth-order valence-electron chi connectivity index (χ4n) is 8.56. The lowest BCUT2D eigenvalue weighted by Gasteiger charge is -2.24. The molecule has 1 amide bonds. The minimum Gasteiger partial charge on any atom is -0.462 e. The fraction of sp³-hybridized carbons (Fsp3) is 0.860. The largest absolute Gasteiger partial charge is 0.462 e. The second-order valence-electron chi connectivity index (χ2n) is 19.0. The van der Waals surface area contributed by atoms with Crippen LogP contribution < -0.4 is 5.32 Å². The number of carbonyl (C=O) groups is 2. The predicted molar refractivity (Wildman–Crippen MR) is 273 cm³/mol. The van der Waals surface area contributed by atoms with Crippen LogP contribution in [0.1, 0.15) is 290 Å². The Morgan fingerprint density at radius 3 is 1.30 bits per heavy atom. The second kappa shape index (κ2) is 51.1. The Morgan fingerprint density at radius 1 is 0.476 bits per heavy atom. The molecule has 0 spiro atoms. The Morgan fingerprint density at radius 2 is 0.857 bits per heavy atom. The van der Waals surface area contributed by atoms with E-state index in [4.69, 9.17) is 4.74 Å². The summed E-state index contributed by atoms with van der Waals surface area (Å²) in [5.74, 6) is -0.485. The maximum absolute atomic E-state index is 13.2. The zero-order chi connectivity index (χ0) is 45.9. The predicted octanol–water partition coefficient (Wildman–Crippen LogP) is 16.8. The van der Waals surface area contributed by atoms with E-state index in [-0.39, 0.29) is 24.9 Å². The van der Waals surface area contributed by atoms with Gasteiger partial charge >= 0.3 is 5.97 Å². The first kappa shape index (κ1) is 61.1.